The number of halogens is 3. The molecule has 6 rings (SSSR count). The zero-order valence-electron chi connectivity index (χ0n) is 56.4. The van der Waals surface area contributed by atoms with E-state index < -0.39 is 80.1 Å². The van der Waals surface area contributed by atoms with Crippen LogP contribution in [0.4, 0.5) is 24.8 Å². The van der Waals surface area contributed by atoms with Gasteiger partial charge in [0.25, 0.3) is 20.0 Å². The summed E-state index contributed by atoms with van der Waals surface area (Å²) in [6.07, 6.45) is -4.73. The van der Waals surface area contributed by atoms with Crippen LogP contribution in [0.15, 0.2) is 114 Å². The van der Waals surface area contributed by atoms with Gasteiger partial charge in [0.2, 0.25) is 17.8 Å². The molecule has 1 unspecified atom stereocenters. The Labute approximate surface area is 568 Å². The molecular formula is C68H86F3N10O16P. The lowest BCUT2D eigenvalue weighted by atomic mass is 9.80. The van der Waals surface area contributed by atoms with E-state index in [9.17, 15) is 47.2 Å². The van der Waals surface area contributed by atoms with E-state index in [4.69, 9.17) is 46.9 Å². The number of aromatic amines is 1. The third kappa shape index (κ3) is 23.6. The number of hydrogen-bond donors (Lipinski definition) is 4. The molecule has 0 radical (unpaired) electrons. The number of fused-ring (bicyclic) bond motifs is 1. The minimum absolute atomic E-state index is 0.0402. The van der Waals surface area contributed by atoms with Crippen LogP contribution in [0, 0.1) is 17.2 Å². The number of esters is 1. The van der Waals surface area contributed by atoms with E-state index in [-0.39, 0.29) is 131 Å². The molecule has 4 aromatic carbocycles. The minimum atomic E-state index is -5.36. The number of ether oxygens (including phenoxy) is 8. The summed E-state index contributed by atoms with van der Waals surface area (Å²) in [5, 5.41) is 17.1. The van der Waals surface area contributed by atoms with Gasteiger partial charge in [-0.15, -0.1) is 0 Å². The van der Waals surface area contributed by atoms with Crippen LogP contribution in [0.25, 0.3) is 11.2 Å². The fourth-order valence-corrected chi connectivity index (χ4v) is 11.5. The number of nitrogens with one attached hydrogen (secondary N) is 4. The predicted molar refractivity (Wildman–Crippen MR) is 357 cm³/mol. The van der Waals surface area contributed by atoms with E-state index in [1.165, 1.54) is 0 Å². The maximum atomic E-state index is 13.9. The number of carbonyl (C=O) groups is 5. The molecule has 4 N–H and O–H groups in total. The molecule has 3 atom stereocenters. The summed E-state index contributed by atoms with van der Waals surface area (Å²) < 4.78 is 104. The van der Waals surface area contributed by atoms with E-state index in [1.807, 2.05) is 78.9 Å². The lowest BCUT2D eigenvalue weighted by Crippen LogP contribution is -2.42. The van der Waals surface area contributed by atoms with Gasteiger partial charge in [-0.25, -0.2) is 19.4 Å². The number of aromatic nitrogens is 4. The average Bonchev–Trinajstić information content (AvgIpc) is 0.752. The molecule has 26 nitrogen and oxygen atoms in total. The predicted octanol–water partition coefficient (Wildman–Crippen LogP) is 8.71. The second kappa shape index (κ2) is 39.7. The summed E-state index contributed by atoms with van der Waals surface area (Å²) in [4.78, 5) is 91.3. The Kier molecular flexibility index (Phi) is 31.8. The molecule has 530 valence electrons. The second-order valence-corrected chi connectivity index (χ2v) is 24.2. The van der Waals surface area contributed by atoms with Gasteiger partial charge in [-0.1, -0.05) is 68.4 Å². The Morgan fingerprint density at radius 3 is 1.85 bits per heavy atom. The molecule has 2 heterocycles. The molecule has 2 aromatic heterocycles. The zero-order chi connectivity index (χ0) is 71.2. The highest BCUT2D eigenvalue weighted by atomic mass is 31.2. The van der Waals surface area contributed by atoms with Crippen molar-refractivity contribution in [2.75, 3.05) is 104 Å². The minimum Gasteiger partial charge on any atom is -0.497 e. The van der Waals surface area contributed by atoms with Crippen molar-refractivity contribution in [1.29, 1.82) is 5.26 Å². The van der Waals surface area contributed by atoms with Gasteiger partial charge in [-0.2, -0.15) is 23.4 Å². The second-order valence-electron chi connectivity index (χ2n) is 22.8. The highest BCUT2D eigenvalue weighted by Gasteiger charge is 2.44. The first kappa shape index (κ1) is 78.4. The highest BCUT2D eigenvalue weighted by molar-refractivity contribution is 7.44. The van der Waals surface area contributed by atoms with Gasteiger partial charge in [-0.3, -0.25) is 39.2 Å². The number of nitriles is 1. The summed E-state index contributed by atoms with van der Waals surface area (Å²) in [5.41, 5.74) is -0.688. The lowest BCUT2D eigenvalue weighted by Gasteiger charge is -2.39. The molecule has 30 heteroatoms. The SMILES string of the molecule is COC(=O)[C@@H](CCC(=O)NCCCOCCOCCOCCOC[C@H](COC(c1ccccc1)(c1ccc(OC)cc1)c1ccc(OC)cc1)OP(OCCC#N)N(C(C)C)C(C)C)NC(=O)c1ccc(N(Cc2cnc3nc(NC(=O)C(C)C)[nH]c(=O)c3n2)C(=O)C(F)(F)F)cc1. The van der Waals surface area contributed by atoms with Crippen LogP contribution in [0.5, 0.6) is 11.5 Å². The van der Waals surface area contributed by atoms with Crippen molar-refractivity contribution in [2.24, 2.45) is 5.92 Å². The standard InChI is InChI=1S/C68H86F3N10O16P/c1-45(2)61(83)78-66-77-60-59(63(85)79-66)75-52(41-74-60)42-80(65(87)68(69,70)71)53-23-17-48(18-24-53)62(84)76-57(64(86)90-9)29-30-58(82)73-32-14-33-91-35-36-92-37-38-93-39-40-94-43-56(97-98(96-34-13-31-72)81(46(3)4)47(5)6)44-95-67(49-15-11-10-12-16-49,50-19-25-54(88-7)26-20-50)51-21-27-55(89-8)28-22-51/h10-12,15-28,41,45-47,56-57H,13-14,29-30,32-40,42-44H2,1-9H3,(H,73,82)(H,76,84)(H2,74,77,78,79,83,85)/t56-,57-,98?/m1/s1. The topological polar surface area (TPSA) is 316 Å². The van der Waals surface area contributed by atoms with Gasteiger partial charge in [0.15, 0.2) is 11.2 Å². The number of hydrogen-bond acceptors (Lipinski definition) is 21. The molecule has 4 amide bonds. The van der Waals surface area contributed by atoms with Crippen LogP contribution in [-0.2, 0) is 68.8 Å². The van der Waals surface area contributed by atoms with Crippen molar-refractivity contribution in [2.45, 2.75) is 110 Å². The number of amides is 4. The summed E-state index contributed by atoms with van der Waals surface area (Å²) in [7, 11) is 2.63. The highest BCUT2D eigenvalue weighted by Crippen LogP contribution is 2.48. The summed E-state index contributed by atoms with van der Waals surface area (Å²) in [6, 6.07) is 30.8. The van der Waals surface area contributed by atoms with Crippen molar-refractivity contribution in [3.8, 4) is 17.6 Å². The van der Waals surface area contributed by atoms with Crippen molar-refractivity contribution < 1.29 is 84.1 Å². The monoisotopic (exact) mass is 1390 g/mol. The molecule has 0 aliphatic rings. The first-order valence-corrected chi connectivity index (χ1v) is 32.9. The average molecular weight is 1390 g/mol. The fraction of sp³-hybridized carbons (Fsp3) is 0.471. The number of benzene rings is 4. The van der Waals surface area contributed by atoms with Crippen LogP contribution in [0.3, 0.4) is 0 Å². The van der Waals surface area contributed by atoms with Crippen LogP contribution < -0.4 is 35.9 Å². The van der Waals surface area contributed by atoms with Gasteiger partial charge in [-0.05, 0) is 106 Å². The third-order valence-corrected chi connectivity index (χ3v) is 16.9. The van der Waals surface area contributed by atoms with Crippen molar-refractivity contribution >= 4 is 60.9 Å². The number of carbonyl (C=O) groups excluding carboxylic acids is 5. The number of H-pyrrole nitrogens is 1. The van der Waals surface area contributed by atoms with E-state index in [2.05, 4.69) is 74.3 Å². The quantitative estimate of drug-likeness (QED) is 0.0120. The summed E-state index contributed by atoms with van der Waals surface area (Å²) >= 11 is 0. The number of alkyl halides is 3. The van der Waals surface area contributed by atoms with Gasteiger partial charge >= 0.3 is 18.1 Å². The van der Waals surface area contributed by atoms with Crippen molar-refractivity contribution in [1.82, 2.24) is 35.2 Å². The van der Waals surface area contributed by atoms with Crippen molar-refractivity contribution in [3.63, 3.8) is 0 Å². The molecular weight excluding hydrogens is 1300 g/mol. The fourth-order valence-electron chi connectivity index (χ4n) is 9.83. The van der Waals surface area contributed by atoms with E-state index >= 15 is 0 Å². The van der Waals surface area contributed by atoms with Crippen LogP contribution in [0.1, 0.15) is 100.0 Å². The van der Waals surface area contributed by atoms with Gasteiger partial charge < -0.3 is 57.6 Å². The molecule has 6 aromatic rings. The van der Waals surface area contributed by atoms with Crippen LogP contribution >= 0.6 is 8.53 Å². The van der Waals surface area contributed by atoms with Crippen LogP contribution in [-0.4, -0.2) is 179 Å². The van der Waals surface area contributed by atoms with Gasteiger partial charge in [0.1, 0.15) is 29.2 Å². The zero-order valence-corrected chi connectivity index (χ0v) is 57.3. The van der Waals surface area contributed by atoms with E-state index in [1.54, 1.807) is 28.1 Å². The third-order valence-electron chi connectivity index (χ3n) is 14.7. The number of anilines is 2. The van der Waals surface area contributed by atoms with Crippen LogP contribution in [0.2, 0.25) is 0 Å². The van der Waals surface area contributed by atoms with E-state index in [0.29, 0.717) is 29.4 Å². The summed E-state index contributed by atoms with van der Waals surface area (Å²) in [6.45, 7) is 13.2. The Bertz CT molecular complexity index is 3530. The molecule has 0 aliphatic heterocycles. The number of rotatable bonds is 42. The first-order valence-electron chi connectivity index (χ1n) is 31.8. The van der Waals surface area contributed by atoms with Crippen molar-refractivity contribution in [3.05, 3.63) is 148 Å². The molecule has 0 spiro atoms. The normalized spacial score (nSPS) is 12.7. The maximum absolute atomic E-state index is 13.9. The molecule has 0 saturated carbocycles. The van der Waals surface area contributed by atoms with Gasteiger partial charge in [0.05, 0.1) is 112 Å². The molecule has 0 bridgehead atoms. The summed E-state index contributed by atoms with van der Waals surface area (Å²) in [5.74, 6) is -4.16. The largest absolute Gasteiger partial charge is 0.497 e. The molecule has 98 heavy (non-hydrogen) atoms. The number of methoxy groups -OCH3 is 3. The Balaban J connectivity index is 0.927. The number of nitrogens with zero attached hydrogens (tertiary/aromatic N) is 6. The van der Waals surface area contributed by atoms with Gasteiger partial charge in [0, 0.05) is 48.8 Å². The smallest absolute Gasteiger partial charge is 0.471 e. The Morgan fingerprint density at radius 1 is 0.714 bits per heavy atom. The molecule has 0 fully saturated rings. The first-order chi connectivity index (χ1) is 47.0. The molecule has 0 aliphatic carbocycles. The van der Waals surface area contributed by atoms with E-state index in [0.717, 1.165) is 54.3 Å². The Hall–Kier alpha value is -8.56. The molecule has 0 saturated heterocycles. The maximum Gasteiger partial charge on any atom is 0.471 e. The lowest BCUT2D eigenvalue weighted by molar-refractivity contribution is -0.170. The Morgan fingerprint density at radius 2 is 1.30 bits per heavy atom.